The van der Waals surface area contributed by atoms with Crippen LogP contribution < -0.4 is 9.80 Å². The van der Waals surface area contributed by atoms with E-state index in [1.165, 1.54) is 66.7 Å². The fourth-order valence-corrected chi connectivity index (χ4v) is 8.35. The molecule has 2 nitrogen and oxygen atoms in total. The van der Waals surface area contributed by atoms with E-state index in [0.717, 1.165) is 23.5 Å². The number of anilines is 4. The maximum Gasteiger partial charge on any atom is 0.0714 e. The van der Waals surface area contributed by atoms with Crippen LogP contribution >= 0.6 is 0 Å². The molecule has 6 aromatic carbocycles. The molecule has 0 aromatic heterocycles. The number of nitrogens with zero attached hydrogens (tertiary/aromatic N) is 2. The molecule has 0 N–H and O–H groups in total. The van der Waals surface area contributed by atoms with E-state index in [1.54, 1.807) is 0 Å². The van der Waals surface area contributed by atoms with Crippen molar-refractivity contribution in [3.63, 3.8) is 0 Å². The highest BCUT2D eigenvalue weighted by molar-refractivity contribution is 5.91. The third-order valence-corrected chi connectivity index (χ3v) is 11.1. The van der Waals surface area contributed by atoms with Gasteiger partial charge in [-0.1, -0.05) is 144 Å². The van der Waals surface area contributed by atoms with Gasteiger partial charge in [0.25, 0.3) is 0 Å². The van der Waals surface area contributed by atoms with Crippen molar-refractivity contribution in [1.82, 2.24) is 0 Å². The highest BCUT2D eigenvalue weighted by Gasteiger charge is 2.55. The molecule has 2 heteroatoms. The molecule has 6 aromatic rings. The Kier molecular flexibility index (Phi) is 8.12. The largest absolute Gasteiger partial charge is 0.336 e. The summed E-state index contributed by atoms with van der Waals surface area (Å²) in [4.78, 5) is 4.84. The molecular weight excluding hydrogens is 641 g/mol. The summed E-state index contributed by atoms with van der Waals surface area (Å²) in [5.41, 5.74) is 16.3. The van der Waals surface area contributed by atoms with Crippen LogP contribution in [0.2, 0.25) is 0 Å². The Bertz CT molecular complexity index is 2450. The molecule has 0 bridgehead atoms. The smallest absolute Gasteiger partial charge is 0.0714 e. The first kappa shape index (κ1) is 32.8. The normalized spacial score (nSPS) is 18.9. The minimum Gasteiger partial charge on any atom is -0.336 e. The van der Waals surface area contributed by atoms with Crippen LogP contribution in [0.25, 0.3) is 34.1 Å². The Balaban J connectivity index is 0.905. The molecule has 3 aliphatic rings. The zero-order valence-electron chi connectivity index (χ0n) is 30.9. The predicted octanol–water partition coefficient (Wildman–Crippen LogP) is 13.7. The van der Waals surface area contributed by atoms with Gasteiger partial charge in [-0.2, -0.15) is 0 Å². The van der Waals surface area contributed by atoms with Crippen molar-refractivity contribution >= 4 is 45.7 Å². The first-order valence-electron chi connectivity index (χ1n) is 18.7. The fraction of sp³-hybridized carbons (Fsp3) is 0.137. The van der Waals surface area contributed by atoms with Crippen LogP contribution in [0.1, 0.15) is 42.5 Å². The number of hydrogen-bond acceptors (Lipinski definition) is 2. The minimum atomic E-state index is 0.0192. The Morgan fingerprint density at radius 1 is 0.585 bits per heavy atom. The maximum atomic E-state index is 2.51. The van der Waals surface area contributed by atoms with Crippen molar-refractivity contribution in [3.8, 4) is 11.1 Å². The molecule has 1 fully saturated rings. The highest BCUT2D eigenvalue weighted by Crippen LogP contribution is 2.57. The number of benzene rings is 6. The van der Waals surface area contributed by atoms with Crippen molar-refractivity contribution in [3.05, 3.63) is 203 Å². The summed E-state index contributed by atoms with van der Waals surface area (Å²) in [6, 6.07) is 49.3. The second kappa shape index (κ2) is 13.1. The van der Waals surface area contributed by atoms with Gasteiger partial charge in [0.05, 0.1) is 11.5 Å². The van der Waals surface area contributed by atoms with Gasteiger partial charge in [0.1, 0.15) is 0 Å². The molecule has 53 heavy (non-hydrogen) atoms. The van der Waals surface area contributed by atoms with Gasteiger partial charge < -0.3 is 9.80 Å². The summed E-state index contributed by atoms with van der Waals surface area (Å²) in [6.07, 6.45) is 17.5. The summed E-state index contributed by atoms with van der Waals surface area (Å²) < 4.78 is 0. The van der Waals surface area contributed by atoms with E-state index in [2.05, 4.69) is 213 Å². The van der Waals surface area contributed by atoms with Crippen LogP contribution in [-0.2, 0) is 0 Å². The van der Waals surface area contributed by atoms with Crippen molar-refractivity contribution in [2.45, 2.75) is 40.2 Å². The Morgan fingerprint density at radius 2 is 1.15 bits per heavy atom. The average molecular weight is 685 g/mol. The molecule has 2 atom stereocenters. The fourth-order valence-electron chi connectivity index (χ4n) is 8.35. The number of allylic oxidation sites excluding steroid dienone is 4. The van der Waals surface area contributed by atoms with Gasteiger partial charge >= 0.3 is 0 Å². The third-order valence-electron chi connectivity index (χ3n) is 11.1. The second-order valence-electron chi connectivity index (χ2n) is 15.1. The molecule has 0 saturated carbocycles. The molecule has 258 valence electrons. The van der Waals surface area contributed by atoms with E-state index in [1.807, 2.05) is 0 Å². The quantitative estimate of drug-likeness (QED) is 0.122. The van der Waals surface area contributed by atoms with Gasteiger partial charge in [-0.05, 0) is 122 Å². The molecule has 0 radical (unpaired) electrons. The zero-order valence-corrected chi connectivity index (χ0v) is 30.9. The van der Waals surface area contributed by atoms with E-state index in [-0.39, 0.29) is 5.41 Å². The topological polar surface area (TPSA) is 6.48 Å². The van der Waals surface area contributed by atoms with Crippen LogP contribution in [0.15, 0.2) is 181 Å². The van der Waals surface area contributed by atoms with Gasteiger partial charge in [0, 0.05) is 28.4 Å². The van der Waals surface area contributed by atoms with Gasteiger partial charge in [-0.3, -0.25) is 0 Å². The van der Waals surface area contributed by atoms with Crippen LogP contribution in [0, 0.1) is 19.3 Å². The molecule has 2 unspecified atom stereocenters. The van der Waals surface area contributed by atoms with Gasteiger partial charge in [-0.25, -0.2) is 0 Å². The first-order valence-corrected chi connectivity index (χ1v) is 18.7. The molecule has 0 amide bonds. The van der Waals surface area contributed by atoms with Crippen LogP contribution in [0.4, 0.5) is 22.7 Å². The summed E-state index contributed by atoms with van der Waals surface area (Å²) in [5.74, 6) is 0. The Labute approximate surface area is 314 Å². The van der Waals surface area contributed by atoms with Gasteiger partial charge in [0.2, 0.25) is 0 Å². The highest BCUT2D eigenvalue weighted by atomic mass is 15.3. The van der Waals surface area contributed by atoms with E-state index in [4.69, 9.17) is 0 Å². The van der Waals surface area contributed by atoms with Gasteiger partial charge in [-0.15, -0.1) is 0 Å². The monoisotopic (exact) mass is 684 g/mol. The summed E-state index contributed by atoms with van der Waals surface area (Å²) in [6.45, 7) is 8.73. The van der Waals surface area contributed by atoms with Crippen molar-refractivity contribution < 1.29 is 0 Å². The average Bonchev–Trinajstić information content (AvgIpc) is 3.17. The van der Waals surface area contributed by atoms with Crippen molar-refractivity contribution in [2.75, 3.05) is 9.80 Å². The number of fused-ring (bicyclic) bond motifs is 1. The Morgan fingerprint density at radius 3 is 1.83 bits per heavy atom. The number of rotatable bonds is 7. The lowest BCUT2D eigenvalue weighted by Crippen LogP contribution is -2.61. The lowest BCUT2D eigenvalue weighted by Gasteiger charge is -2.60. The predicted molar refractivity (Wildman–Crippen MR) is 227 cm³/mol. The van der Waals surface area contributed by atoms with E-state index < -0.39 is 0 Å². The third kappa shape index (κ3) is 6.05. The summed E-state index contributed by atoms with van der Waals surface area (Å²) in [7, 11) is 0. The molecule has 1 saturated heterocycles. The Hall–Kier alpha value is -6.12. The van der Waals surface area contributed by atoms with Crippen LogP contribution in [0.5, 0.6) is 0 Å². The standard InChI is InChI=1S/C51H44N2/c1-35-5-22-45(23-6-35)52(46-24-7-36(2)8-25-46)48-28-21-43-31-40(15-18-44(43)32-48)12-11-39-13-16-41(17-14-39)42-19-26-47(27-20-42)53-49-29-9-37(3)33-51(49)34-38(4)10-30-50(51)53/h5-9,11-34,49H,10H2,1-4H3/b12-11+. The van der Waals surface area contributed by atoms with E-state index in [9.17, 15) is 0 Å². The first-order chi connectivity index (χ1) is 25.8. The molecule has 1 aliphatic heterocycles. The second-order valence-corrected chi connectivity index (χ2v) is 15.1. The number of hydrogen-bond donors (Lipinski definition) is 0. The molecule has 1 heterocycles. The van der Waals surface area contributed by atoms with E-state index >= 15 is 0 Å². The lowest BCUT2D eigenvalue weighted by atomic mass is 9.62. The summed E-state index contributed by atoms with van der Waals surface area (Å²) in [5, 5.41) is 2.45. The molecule has 1 spiro atoms. The number of aryl methyl sites for hydroxylation is 2. The lowest BCUT2D eigenvalue weighted by molar-refractivity contribution is 0.366. The summed E-state index contributed by atoms with van der Waals surface area (Å²) >= 11 is 0. The van der Waals surface area contributed by atoms with Gasteiger partial charge in [0.15, 0.2) is 0 Å². The molecule has 9 rings (SSSR count). The SMILES string of the molecule is CC1=CC23C=C(C)CC=C2N(c2ccc(-c4ccc(/C=C/c5ccc6cc(N(c7ccc(C)cc7)c7ccc(C)cc7)ccc6c5)cc4)cc2)C3C=C1. The van der Waals surface area contributed by atoms with Crippen molar-refractivity contribution in [1.29, 1.82) is 0 Å². The zero-order chi connectivity index (χ0) is 36.1. The molecular formula is C51H44N2. The minimum absolute atomic E-state index is 0.0192. The van der Waals surface area contributed by atoms with Crippen LogP contribution in [0.3, 0.4) is 0 Å². The van der Waals surface area contributed by atoms with Crippen molar-refractivity contribution in [2.24, 2.45) is 5.41 Å². The van der Waals surface area contributed by atoms with E-state index in [0.29, 0.717) is 6.04 Å². The maximum absolute atomic E-state index is 2.51. The van der Waals surface area contributed by atoms with Crippen LogP contribution in [-0.4, -0.2) is 6.04 Å². The molecule has 2 aliphatic carbocycles.